The van der Waals surface area contributed by atoms with E-state index in [9.17, 15) is 13.2 Å². The van der Waals surface area contributed by atoms with Crippen LogP contribution in [0.2, 0.25) is 0 Å². The Bertz CT molecular complexity index is 1300. The lowest BCUT2D eigenvalue weighted by Gasteiger charge is -2.39. The van der Waals surface area contributed by atoms with E-state index in [1.54, 1.807) is 13.8 Å². The molecular formula is C27H33F3N6O2. The lowest BCUT2D eigenvalue weighted by Crippen LogP contribution is -2.49. The third-order valence-electron chi connectivity index (χ3n) is 7.13. The van der Waals surface area contributed by atoms with Crippen LogP contribution >= 0.6 is 0 Å². The summed E-state index contributed by atoms with van der Waals surface area (Å²) in [4.78, 5) is 18.6. The highest BCUT2D eigenvalue weighted by molar-refractivity contribution is 5.90. The number of nitrogens with zero attached hydrogens (tertiary/aromatic N) is 5. The number of hydrogen-bond acceptors (Lipinski definition) is 8. The fraction of sp³-hybridized carbons (Fsp3) is 0.519. The number of ether oxygens (including phenoxy) is 2. The molecule has 2 fully saturated rings. The molecule has 0 aliphatic carbocycles. The van der Waals surface area contributed by atoms with E-state index < -0.39 is 23.8 Å². The molecule has 1 aromatic carbocycles. The Balaban J connectivity index is 1.52. The topological polar surface area (TPSA) is 75.6 Å². The number of fused-ring (bicyclic) bond motifs is 1. The average Bonchev–Trinajstić information content (AvgIpc) is 2.85. The van der Waals surface area contributed by atoms with Crippen molar-refractivity contribution in [3.05, 3.63) is 47.0 Å². The Morgan fingerprint density at radius 3 is 2.37 bits per heavy atom. The van der Waals surface area contributed by atoms with Crippen molar-refractivity contribution in [2.75, 3.05) is 49.6 Å². The van der Waals surface area contributed by atoms with E-state index in [4.69, 9.17) is 14.5 Å². The number of aromatic nitrogens is 3. The Morgan fingerprint density at radius 2 is 1.74 bits per heavy atom. The number of pyridine rings is 1. The van der Waals surface area contributed by atoms with Crippen molar-refractivity contribution in [3.63, 3.8) is 0 Å². The molecule has 0 amide bonds. The van der Waals surface area contributed by atoms with Crippen molar-refractivity contribution in [1.29, 1.82) is 0 Å². The first-order chi connectivity index (χ1) is 18.2. The van der Waals surface area contributed by atoms with Gasteiger partial charge in [-0.2, -0.15) is 4.98 Å². The molecule has 2 saturated heterocycles. The van der Waals surface area contributed by atoms with Crippen LogP contribution in [0.15, 0.2) is 24.3 Å². The van der Waals surface area contributed by atoms with Gasteiger partial charge in [0, 0.05) is 37.8 Å². The molecule has 0 radical (unpaired) electrons. The molecule has 5 rings (SSSR count). The maximum Gasteiger partial charge on any atom is 0.266 e. The molecule has 0 bridgehead atoms. The quantitative estimate of drug-likeness (QED) is 0.441. The summed E-state index contributed by atoms with van der Waals surface area (Å²) in [6.45, 7) is 12.3. The Morgan fingerprint density at radius 1 is 1.03 bits per heavy atom. The van der Waals surface area contributed by atoms with Gasteiger partial charge < -0.3 is 19.7 Å². The van der Waals surface area contributed by atoms with Crippen LogP contribution < -0.4 is 15.0 Å². The first kappa shape index (κ1) is 26.4. The molecule has 1 N–H and O–H groups in total. The van der Waals surface area contributed by atoms with Crippen LogP contribution in [0.3, 0.4) is 0 Å². The lowest BCUT2D eigenvalue weighted by molar-refractivity contribution is -0.0810. The molecule has 1 atom stereocenters. The van der Waals surface area contributed by atoms with Crippen molar-refractivity contribution >= 4 is 22.5 Å². The van der Waals surface area contributed by atoms with Gasteiger partial charge in [-0.3, -0.25) is 4.90 Å². The summed E-state index contributed by atoms with van der Waals surface area (Å²) in [6, 6.07) is 5.83. The highest BCUT2D eigenvalue weighted by Gasteiger charge is 2.28. The normalized spacial score (nSPS) is 17.8. The maximum absolute atomic E-state index is 14.9. The molecule has 204 valence electrons. The number of rotatable bonds is 8. The van der Waals surface area contributed by atoms with Crippen LogP contribution in [-0.2, 0) is 4.74 Å². The molecule has 2 aliphatic heterocycles. The molecule has 2 aromatic heterocycles. The molecule has 38 heavy (non-hydrogen) atoms. The zero-order valence-electron chi connectivity index (χ0n) is 22.0. The first-order valence-electron chi connectivity index (χ1n) is 13.0. The number of piperazine rings is 1. The summed E-state index contributed by atoms with van der Waals surface area (Å²) in [5.41, 5.74) is 0.789. The lowest BCUT2D eigenvalue weighted by atomic mass is 10.0. The number of halogens is 3. The number of aryl methyl sites for hydroxylation is 1. The van der Waals surface area contributed by atoms with Crippen LogP contribution in [0.5, 0.6) is 5.88 Å². The molecule has 11 heteroatoms. The minimum atomic E-state index is -2.90. The molecule has 0 spiro atoms. The van der Waals surface area contributed by atoms with E-state index in [2.05, 4.69) is 38.9 Å². The van der Waals surface area contributed by atoms with Crippen molar-refractivity contribution in [2.24, 2.45) is 0 Å². The van der Waals surface area contributed by atoms with Crippen molar-refractivity contribution in [2.45, 2.75) is 52.3 Å². The summed E-state index contributed by atoms with van der Waals surface area (Å²) >= 11 is 0. The molecule has 4 heterocycles. The molecule has 3 aromatic rings. The fourth-order valence-corrected chi connectivity index (χ4v) is 4.83. The predicted octanol–water partition coefficient (Wildman–Crippen LogP) is 4.89. The van der Waals surface area contributed by atoms with E-state index in [1.807, 2.05) is 6.07 Å². The second-order valence-corrected chi connectivity index (χ2v) is 10.1. The summed E-state index contributed by atoms with van der Waals surface area (Å²) in [5, 5.41) is 3.86. The van der Waals surface area contributed by atoms with Gasteiger partial charge in [0.05, 0.1) is 30.2 Å². The van der Waals surface area contributed by atoms with Gasteiger partial charge in [-0.25, -0.2) is 23.1 Å². The van der Waals surface area contributed by atoms with Crippen molar-refractivity contribution < 1.29 is 22.6 Å². The van der Waals surface area contributed by atoms with Gasteiger partial charge >= 0.3 is 0 Å². The Hall–Kier alpha value is -3.18. The van der Waals surface area contributed by atoms with Crippen LogP contribution in [0, 0.1) is 12.7 Å². The number of hydrogen-bond donors (Lipinski definition) is 1. The molecular weight excluding hydrogens is 497 g/mol. The van der Waals surface area contributed by atoms with Crippen LogP contribution in [-0.4, -0.2) is 71.4 Å². The predicted molar refractivity (Wildman–Crippen MR) is 140 cm³/mol. The maximum atomic E-state index is 14.9. The van der Waals surface area contributed by atoms with E-state index in [0.29, 0.717) is 47.8 Å². The summed E-state index contributed by atoms with van der Waals surface area (Å²) in [5.74, 6) is 0.502. The van der Waals surface area contributed by atoms with E-state index in [-0.39, 0.29) is 11.7 Å². The standard InChI is InChI=1S/C27H33F3N6O2/c1-15(2)35-8-10-36(11-9-35)22-12-21-25(31-16(3)19-6-5-7-20(23(19)28)24(29)30)32-17(4)33-26(21)34-27(22)38-18-13-37-14-18/h5-7,12,15-16,18,24H,8-11,13-14H2,1-4H3,(H,31,32,33,34)/t16-/m1/s1. The van der Waals surface area contributed by atoms with Crippen molar-refractivity contribution in [1.82, 2.24) is 19.9 Å². The smallest absolute Gasteiger partial charge is 0.266 e. The third kappa shape index (κ3) is 5.35. The van der Waals surface area contributed by atoms with Gasteiger partial charge in [-0.05, 0) is 33.8 Å². The van der Waals surface area contributed by atoms with E-state index >= 15 is 0 Å². The van der Waals surface area contributed by atoms with Gasteiger partial charge in [0.15, 0.2) is 5.65 Å². The summed E-state index contributed by atoms with van der Waals surface area (Å²) in [6.07, 6.45) is -2.96. The van der Waals surface area contributed by atoms with Crippen LogP contribution in [0.25, 0.3) is 11.0 Å². The van der Waals surface area contributed by atoms with E-state index in [0.717, 1.165) is 37.9 Å². The first-order valence-corrected chi connectivity index (χ1v) is 13.0. The van der Waals surface area contributed by atoms with Gasteiger partial charge in [0.2, 0.25) is 5.88 Å². The monoisotopic (exact) mass is 530 g/mol. The van der Waals surface area contributed by atoms with Gasteiger partial charge in [0.1, 0.15) is 29.3 Å². The molecule has 2 aliphatic rings. The zero-order valence-corrected chi connectivity index (χ0v) is 22.0. The van der Waals surface area contributed by atoms with Gasteiger partial charge in [-0.15, -0.1) is 0 Å². The largest absolute Gasteiger partial charge is 0.468 e. The number of nitrogens with one attached hydrogen (secondary N) is 1. The Labute approximate surface area is 220 Å². The fourth-order valence-electron chi connectivity index (χ4n) is 4.83. The number of alkyl halides is 2. The van der Waals surface area contributed by atoms with E-state index in [1.165, 1.54) is 12.1 Å². The van der Waals surface area contributed by atoms with Crippen molar-refractivity contribution in [3.8, 4) is 5.88 Å². The highest BCUT2D eigenvalue weighted by atomic mass is 19.3. The SMILES string of the molecule is Cc1nc(N[C@H](C)c2cccc(C(F)F)c2F)c2cc(N3CCN(C(C)C)CC3)c(OC3COC3)nc2n1. The minimum Gasteiger partial charge on any atom is -0.468 e. The average molecular weight is 531 g/mol. The summed E-state index contributed by atoms with van der Waals surface area (Å²) in [7, 11) is 0. The zero-order chi connectivity index (χ0) is 27.0. The second-order valence-electron chi connectivity index (χ2n) is 10.1. The Kier molecular flexibility index (Phi) is 7.58. The third-order valence-corrected chi connectivity index (χ3v) is 7.13. The molecule has 0 unspecified atom stereocenters. The minimum absolute atomic E-state index is 0.0682. The summed E-state index contributed by atoms with van der Waals surface area (Å²) < 4.78 is 53.0. The van der Waals surface area contributed by atoms with Crippen LogP contribution in [0.1, 0.15) is 50.2 Å². The molecule has 8 nitrogen and oxygen atoms in total. The number of benzene rings is 1. The second kappa shape index (κ2) is 10.9. The number of anilines is 2. The highest BCUT2D eigenvalue weighted by Crippen LogP contribution is 2.36. The van der Waals surface area contributed by atoms with Crippen LogP contribution in [0.4, 0.5) is 24.7 Å². The van der Waals surface area contributed by atoms with Gasteiger partial charge in [-0.1, -0.05) is 18.2 Å². The van der Waals surface area contributed by atoms with Gasteiger partial charge in [0.25, 0.3) is 6.43 Å². The molecule has 0 saturated carbocycles.